The zero-order chi connectivity index (χ0) is 13.7. The molecule has 1 amide bonds. The maximum Gasteiger partial charge on any atom is 0.241 e. The third-order valence-electron chi connectivity index (χ3n) is 3.33. The standard InChI is InChI=1S/C15H22N2OS/c1-3-19-10-11(2)17-15(18)14-13-7-5-4-6-12(13)8-9-16-14/h4-7,11,14,16H,3,8-10H2,1-2H3,(H,17,18). The van der Waals surface area contributed by atoms with Crippen molar-refractivity contribution < 1.29 is 4.79 Å². The van der Waals surface area contributed by atoms with Gasteiger partial charge in [-0.25, -0.2) is 0 Å². The first-order chi connectivity index (χ1) is 9.22. The molecule has 0 aliphatic carbocycles. The molecular formula is C15H22N2OS. The van der Waals surface area contributed by atoms with Crippen LogP contribution < -0.4 is 10.6 Å². The van der Waals surface area contributed by atoms with E-state index in [0.29, 0.717) is 0 Å². The van der Waals surface area contributed by atoms with Crippen LogP contribution in [0.25, 0.3) is 0 Å². The zero-order valence-electron chi connectivity index (χ0n) is 11.6. The Bertz CT molecular complexity index is 436. The Kier molecular flexibility index (Phi) is 5.28. The number of rotatable bonds is 5. The van der Waals surface area contributed by atoms with Crippen molar-refractivity contribution in [3.8, 4) is 0 Å². The Hall–Kier alpha value is -1.00. The van der Waals surface area contributed by atoms with Gasteiger partial charge in [0, 0.05) is 18.3 Å². The largest absolute Gasteiger partial charge is 0.351 e. The maximum absolute atomic E-state index is 12.4. The Morgan fingerprint density at radius 2 is 2.32 bits per heavy atom. The number of thioether (sulfide) groups is 1. The Balaban J connectivity index is 2.00. The maximum atomic E-state index is 12.4. The van der Waals surface area contributed by atoms with Gasteiger partial charge in [-0.05, 0) is 30.2 Å². The summed E-state index contributed by atoms with van der Waals surface area (Å²) < 4.78 is 0. The van der Waals surface area contributed by atoms with Crippen LogP contribution in [0.4, 0.5) is 0 Å². The average Bonchev–Trinajstić information content (AvgIpc) is 2.44. The number of amides is 1. The van der Waals surface area contributed by atoms with Gasteiger partial charge in [-0.3, -0.25) is 4.79 Å². The van der Waals surface area contributed by atoms with Crippen molar-refractivity contribution in [2.45, 2.75) is 32.4 Å². The molecule has 1 aliphatic rings. The van der Waals surface area contributed by atoms with Gasteiger partial charge < -0.3 is 10.6 Å². The summed E-state index contributed by atoms with van der Waals surface area (Å²) in [6.45, 7) is 5.07. The third kappa shape index (κ3) is 3.74. The molecule has 1 aromatic carbocycles. The lowest BCUT2D eigenvalue weighted by atomic mass is 9.94. The van der Waals surface area contributed by atoms with Gasteiger partial charge >= 0.3 is 0 Å². The number of nitrogens with one attached hydrogen (secondary N) is 2. The lowest BCUT2D eigenvalue weighted by Crippen LogP contribution is -2.45. The van der Waals surface area contributed by atoms with Crippen molar-refractivity contribution in [1.82, 2.24) is 10.6 Å². The van der Waals surface area contributed by atoms with Crippen LogP contribution in [0, 0.1) is 0 Å². The van der Waals surface area contributed by atoms with Gasteiger partial charge in [0.25, 0.3) is 0 Å². The van der Waals surface area contributed by atoms with E-state index in [1.165, 1.54) is 5.56 Å². The molecule has 0 saturated heterocycles. The SMILES string of the molecule is CCSCC(C)NC(=O)C1NCCc2ccccc21. The second kappa shape index (κ2) is 6.96. The first-order valence-electron chi connectivity index (χ1n) is 6.91. The van der Waals surface area contributed by atoms with Crippen LogP contribution in [0.15, 0.2) is 24.3 Å². The van der Waals surface area contributed by atoms with Crippen molar-refractivity contribution >= 4 is 17.7 Å². The van der Waals surface area contributed by atoms with Crippen LogP contribution in [0.2, 0.25) is 0 Å². The summed E-state index contributed by atoms with van der Waals surface area (Å²) in [5.41, 5.74) is 2.42. The van der Waals surface area contributed by atoms with Crippen molar-refractivity contribution in [3.63, 3.8) is 0 Å². The van der Waals surface area contributed by atoms with E-state index in [1.807, 2.05) is 23.9 Å². The summed E-state index contributed by atoms with van der Waals surface area (Å²) >= 11 is 1.86. The van der Waals surface area contributed by atoms with Crippen LogP contribution in [-0.2, 0) is 11.2 Å². The Morgan fingerprint density at radius 1 is 1.53 bits per heavy atom. The molecule has 2 unspecified atom stereocenters. The van der Waals surface area contributed by atoms with Crippen LogP contribution in [-0.4, -0.2) is 30.0 Å². The van der Waals surface area contributed by atoms with E-state index in [1.54, 1.807) is 0 Å². The third-order valence-corrected chi connectivity index (χ3v) is 4.48. The molecular weight excluding hydrogens is 256 g/mol. The Morgan fingerprint density at radius 3 is 3.11 bits per heavy atom. The van der Waals surface area contributed by atoms with E-state index >= 15 is 0 Å². The van der Waals surface area contributed by atoms with Gasteiger partial charge in [0.15, 0.2) is 0 Å². The minimum atomic E-state index is -0.195. The second-order valence-corrected chi connectivity index (χ2v) is 6.22. The molecule has 2 rings (SSSR count). The molecule has 0 saturated carbocycles. The summed E-state index contributed by atoms with van der Waals surface area (Å²) in [6, 6.07) is 8.24. The van der Waals surface area contributed by atoms with Crippen molar-refractivity contribution in [2.24, 2.45) is 0 Å². The average molecular weight is 278 g/mol. The van der Waals surface area contributed by atoms with Gasteiger partial charge in [-0.2, -0.15) is 11.8 Å². The predicted molar refractivity (Wildman–Crippen MR) is 81.5 cm³/mol. The molecule has 0 aromatic heterocycles. The number of fused-ring (bicyclic) bond motifs is 1. The fourth-order valence-corrected chi connectivity index (χ4v) is 3.07. The summed E-state index contributed by atoms with van der Waals surface area (Å²) in [5.74, 6) is 2.15. The van der Waals surface area contributed by atoms with Crippen LogP contribution in [0.3, 0.4) is 0 Å². The first kappa shape index (κ1) is 14.4. The molecule has 104 valence electrons. The molecule has 0 spiro atoms. The highest BCUT2D eigenvalue weighted by Gasteiger charge is 2.26. The van der Waals surface area contributed by atoms with E-state index in [2.05, 4.69) is 36.6 Å². The predicted octanol–water partition coefficient (Wildman–Crippen LogP) is 2.13. The molecule has 2 atom stereocenters. The van der Waals surface area contributed by atoms with Crippen LogP contribution in [0.5, 0.6) is 0 Å². The molecule has 0 bridgehead atoms. The number of carbonyl (C=O) groups is 1. The second-order valence-electron chi connectivity index (χ2n) is 4.91. The van der Waals surface area contributed by atoms with E-state index in [-0.39, 0.29) is 18.0 Å². The quantitative estimate of drug-likeness (QED) is 0.867. The smallest absolute Gasteiger partial charge is 0.241 e. The fraction of sp³-hybridized carbons (Fsp3) is 0.533. The van der Waals surface area contributed by atoms with Gasteiger partial charge in [-0.1, -0.05) is 31.2 Å². The van der Waals surface area contributed by atoms with Crippen molar-refractivity contribution in [3.05, 3.63) is 35.4 Å². The number of benzene rings is 1. The lowest BCUT2D eigenvalue weighted by Gasteiger charge is -2.27. The van der Waals surface area contributed by atoms with E-state index in [9.17, 15) is 4.79 Å². The number of hydrogen-bond acceptors (Lipinski definition) is 3. The summed E-state index contributed by atoms with van der Waals surface area (Å²) in [6.07, 6.45) is 1.00. The minimum Gasteiger partial charge on any atom is -0.351 e. The highest BCUT2D eigenvalue weighted by Crippen LogP contribution is 2.22. The molecule has 0 fully saturated rings. The van der Waals surface area contributed by atoms with E-state index < -0.39 is 0 Å². The monoisotopic (exact) mass is 278 g/mol. The van der Waals surface area contributed by atoms with E-state index in [0.717, 1.165) is 30.0 Å². The normalized spacial score (nSPS) is 19.6. The Labute approximate surface area is 119 Å². The summed E-state index contributed by atoms with van der Waals surface area (Å²) in [4.78, 5) is 12.4. The lowest BCUT2D eigenvalue weighted by molar-refractivity contribution is -0.123. The topological polar surface area (TPSA) is 41.1 Å². The molecule has 0 radical (unpaired) electrons. The summed E-state index contributed by atoms with van der Waals surface area (Å²) in [5, 5.41) is 6.42. The molecule has 1 aromatic rings. The molecule has 1 aliphatic heterocycles. The highest BCUT2D eigenvalue weighted by molar-refractivity contribution is 7.99. The van der Waals surface area contributed by atoms with E-state index in [4.69, 9.17) is 0 Å². The highest BCUT2D eigenvalue weighted by atomic mass is 32.2. The van der Waals surface area contributed by atoms with Crippen molar-refractivity contribution in [1.29, 1.82) is 0 Å². The van der Waals surface area contributed by atoms with Gasteiger partial charge in [0.2, 0.25) is 5.91 Å². The molecule has 1 heterocycles. The van der Waals surface area contributed by atoms with Crippen molar-refractivity contribution in [2.75, 3.05) is 18.1 Å². The van der Waals surface area contributed by atoms with Crippen LogP contribution in [0.1, 0.15) is 31.0 Å². The van der Waals surface area contributed by atoms with Gasteiger partial charge in [0.1, 0.15) is 6.04 Å². The number of carbonyl (C=O) groups excluding carboxylic acids is 1. The molecule has 3 nitrogen and oxygen atoms in total. The first-order valence-corrected chi connectivity index (χ1v) is 8.07. The number of hydrogen-bond donors (Lipinski definition) is 2. The molecule has 19 heavy (non-hydrogen) atoms. The molecule has 4 heteroatoms. The minimum absolute atomic E-state index is 0.0938. The molecule has 2 N–H and O–H groups in total. The fourth-order valence-electron chi connectivity index (χ4n) is 2.40. The summed E-state index contributed by atoms with van der Waals surface area (Å²) in [7, 11) is 0. The zero-order valence-corrected chi connectivity index (χ0v) is 12.4. The van der Waals surface area contributed by atoms with Gasteiger partial charge in [0.05, 0.1) is 0 Å². The van der Waals surface area contributed by atoms with Crippen LogP contribution >= 0.6 is 11.8 Å². The van der Waals surface area contributed by atoms with Gasteiger partial charge in [-0.15, -0.1) is 0 Å².